The van der Waals surface area contributed by atoms with E-state index < -0.39 is 5.97 Å². The highest BCUT2D eigenvalue weighted by Gasteiger charge is 2.17. The third kappa shape index (κ3) is 3.03. The number of hydrogen-bond acceptors (Lipinski definition) is 4. The van der Waals surface area contributed by atoms with Gasteiger partial charge < -0.3 is 5.11 Å². The Bertz CT molecular complexity index is 693. The van der Waals surface area contributed by atoms with Crippen LogP contribution in [0.15, 0.2) is 44.9 Å². The number of carboxylic acids is 1. The second-order valence-corrected chi connectivity index (χ2v) is 5.91. The molecular formula is C13H7BrClNO3S. The van der Waals surface area contributed by atoms with Crippen LogP contribution in [-0.2, 0) is 0 Å². The van der Waals surface area contributed by atoms with Crippen LogP contribution in [0, 0.1) is 0 Å². The number of halogens is 2. The van der Waals surface area contributed by atoms with E-state index in [-0.39, 0.29) is 10.6 Å². The van der Waals surface area contributed by atoms with Gasteiger partial charge in [-0.15, -0.1) is 0 Å². The van der Waals surface area contributed by atoms with Crippen LogP contribution in [0.5, 0.6) is 0 Å². The summed E-state index contributed by atoms with van der Waals surface area (Å²) in [5.74, 6) is -1.08. The average Bonchev–Trinajstić information content (AvgIpc) is 2.43. The molecule has 7 heteroatoms. The van der Waals surface area contributed by atoms with E-state index in [0.717, 1.165) is 11.8 Å². The summed E-state index contributed by atoms with van der Waals surface area (Å²) >= 11 is 10.4. The lowest BCUT2D eigenvalue weighted by Crippen LogP contribution is -2.00. The molecule has 2 aromatic rings. The minimum absolute atomic E-state index is 0.0605. The maximum atomic E-state index is 11.2. The van der Waals surface area contributed by atoms with Gasteiger partial charge in [0.05, 0.1) is 10.6 Å². The van der Waals surface area contributed by atoms with Crippen LogP contribution in [0.25, 0.3) is 0 Å². The summed E-state index contributed by atoms with van der Waals surface area (Å²) in [5, 5.41) is 9.77. The number of carbonyl (C=O) groups is 2. The first-order valence-electron chi connectivity index (χ1n) is 5.34. The monoisotopic (exact) mass is 371 g/mol. The van der Waals surface area contributed by atoms with Crippen molar-refractivity contribution in [3.63, 3.8) is 0 Å². The van der Waals surface area contributed by atoms with Crippen molar-refractivity contribution in [2.75, 3.05) is 0 Å². The molecule has 2 rings (SSSR count). The zero-order valence-electron chi connectivity index (χ0n) is 9.84. The quantitative estimate of drug-likeness (QED) is 0.816. The van der Waals surface area contributed by atoms with E-state index in [4.69, 9.17) is 16.7 Å². The number of carbonyl (C=O) groups excluding carboxylic acids is 1. The van der Waals surface area contributed by atoms with Gasteiger partial charge in [-0.05, 0) is 24.3 Å². The molecule has 0 aliphatic heterocycles. The summed E-state index contributed by atoms with van der Waals surface area (Å²) in [6.07, 6.45) is 2.16. The van der Waals surface area contributed by atoms with Gasteiger partial charge in [0.15, 0.2) is 6.29 Å². The zero-order chi connectivity index (χ0) is 14.7. The Morgan fingerprint density at radius 3 is 2.80 bits per heavy atom. The topological polar surface area (TPSA) is 67.3 Å². The van der Waals surface area contributed by atoms with E-state index in [1.54, 1.807) is 12.1 Å². The Morgan fingerprint density at radius 2 is 2.15 bits per heavy atom. The summed E-state index contributed by atoms with van der Waals surface area (Å²) in [4.78, 5) is 26.8. The van der Waals surface area contributed by atoms with Gasteiger partial charge >= 0.3 is 5.97 Å². The molecule has 1 heterocycles. The molecule has 0 amide bonds. The van der Waals surface area contributed by atoms with Gasteiger partial charge in [0, 0.05) is 21.1 Å². The fourth-order valence-electron chi connectivity index (χ4n) is 1.49. The second-order valence-electron chi connectivity index (χ2n) is 3.65. The Balaban J connectivity index is 2.53. The van der Waals surface area contributed by atoms with Gasteiger partial charge in [0.25, 0.3) is 0 Å². The zero-order valence-corrected chi connectivity index (χ0v) is 13.0. The first kappa shape index (κ1) is 15.0. The summed E-state index contributed by atoms with van der Waals surface area (Å²) in [6.45, 7) is 0. The van der Waals surface area contributed by atoms with E-state index in [1.165, 1.54) is 18.3 Å². The van der Waals surface area contributed by atoms with Crippen LogP contribution in [0.1, 0.15) is 20.7 Å². The average molecular weight is 373 g/mol. The predicted octanol–water partition coefficient (Wildman–Crippen LogP) is 4.16. The number of benzene rings is 1. The second kappa shape index (κ2) is 6.39. The fraction of sp³-hybridized carbons (Fsp3) is 0. The molecule has 0 atom stereocenters. The highest BCUT2D eigenvalue weighted by Crippen LogP contribution is 2.38. The molecule has 0 saturated carbocycles. The Morgan fingerprint density at radius 1 is 1.40 bits per heavy atom. The predicted molar refractivity (Wildman–Crippen MR) is 79.9 cm³/mol. The van der Waals surface area contributed by atoms with Crippen LogP contribution in [0.2, 0.25) is 5.02 Å². The molecule has 20 heavy (non-hydrogen) atoms. The molecule has 0 fully saturated rings. The number of aromatic carboxylic acids is 1. The van der Waals surface area contributed by atoms with Gasteiger partial charge in [-0.1, -0.05) is 39.3 Å². The molecule has 0 saturated heterocycles. The lowest BCUT2D eigenvalue weighted by atomic mass is 10.2. The molecule has 4 nitrogen and oxygen atoms in total. The maximum absolute atomic E-state index is 11.2. The molecule has 0 radical (unpaired) electrons. The number of hydrogen-bond donors (Lipinski definition) is 1. The maximum Gasteiger partial charge on any atom is 0.338 e. The number of aromatic nitrogens is 1. The van der Waals surface area contributed by atoms with E-state index >= 15 is 0 Å². The fourth-order valence-corrected chi connectivity index (χ4v) is 3.34. The summed E-state index contributed by atoms with van der Waals surface area (Å²) in [6, 6.07) is 6.28. The van der Waals surface area contributed by atoms with E-state index in [1.807, 2.05) is 0 Å². The number of nitrogens with zero attached hydrogens (tertiary/aromatic N) is 1. The summed E-state index contributed by atoms with van der Waals surface area (Å²) in [7, 11) is 0. The first-order valence-corrected chi connectivity index (χ1v) is 7.32. The Hall–Kier alpha value is -1.37. The van der Waals surface area contributed by atoms with Crippen LogP contribution in [0.4, 0.5) is 0 Å². The minimum atomic E-state index is -1.08. The lowest BCUT2D eigenvalue weighted by Gasteiger charge is -2.09. The van der Waals surface area contributed by atoms with Crippen molar-refractivity contribution >= 4 is 51.5 Å². The molecule has 1 aromatic carbocycles. The van der Waals surface area contributed by atoms with Crippen molar-refractivity contribution in [3.05, 3.63) is 51.1 Å². The highest BCUT2D eigenvalue weighted by molar-refractivity contribution is 9.10. The van der Waals surface area contributed by atoms with E-state index in [9.17, 15) is 9.59 Å². The molecule has 1 N–H and O–H groups in total. The number of aldehydes is 1. The summed E-state index contributed by atoms with van der Waals surface area (Å²) in [5.41, 5.74) is 0.426. The third-order valence-corrected chi connectivity index (χ3v) is 4.69. The Labute approximate surface area is 132 Å². The molecule has 0 aliphatic rings. The van der Waals surface area contributed by atoms with Gasteiger partial charge in [0.2, 0.25) is 0 Å². The van der Waals surface area contributed by atoms with Crippen molar-refractivity contribution in [2.24, 2.45) is 0 Å². The van der Waals surface area contributed by atoms with Crippen molar-refractivity contribution < 1.29 is 14.7 Å². The summed E-state index contributed by atoms with van der Waals surface area (Å²) < 4.78 is 0.590. The van der Waals surface area contributed by atoms with Crippen LogP contribution in [0.3, 0.4) is 0 Å². The van der Waals surface area contributed by atoms with Crippen molar-refractivity contribution in [1.29, 1.82) is 0 Å². The SMILES string of the molecule is O=Cc1c(Br)ccc(Cl)c1Sc1ncccc1C(=O)O. The molecule has 0 spiro atoms. The molecular weight excluding hydrogens is 366 g/mol. The van der Waals surface area contributed by atoms with Crippen molar-refractivity contribution in [1.82, 2.24) is 4.98 Å². The van der Waals surface area contributed by atoms with Crippen LogP contribution in [-0.4, -0.2) is 22.3 Å². The molecule has 102 valence electrons. The van der Waals surface area contributed by atoms with E-state index in [0.29, 0.717) is 26.2 Å². The van der Waals surface area contributed by atoms with Crippen molar-refractivity contribution in [2.45, 2.75) is 9.92 Å². The minimum Gasteiger partial charge on any atom is -0.478 e. The number of rotatable bonds is 4. The van der Waals surface area contributed by atoms with Crippen LogP contribution >= 0.6 is 39.3 Å². The third-order valence-electron chi connectivity index (χ3n) is 2.41. The van der Waals surface area contributed by atoms with Gasteiger partial charge in [0.1, 0.15) is 5.03 Å². The molecule has 0 unspecified atom stereocenters. The molecule has 0 bridgehead atoms. The van der Waals surface area contributed by atoms with Gasteiger partial charge in [-0.2, -0.15) is 0 Å². The van der Waals surface area contributed by atoms with Gasteiger partial charge in [-0.25, -0.2) is 9.78 Å². The largest absolute Gasteiger partial charge is 0.478 e. The first-order chi connectivity index (χ1) is 9.54. The van der Waals surface area contributed by atoms with E-state index in [2.05, 4.69) is 20.9 Å². The molecule has 0 aliphatic carbocycles. The lowest BCUT2D eigenvalue weighted by molar-refractivity contribution is 0.0692. The van der Waals surface area contributed by atoms with Crippen molar-refractivity contribution in [3.8, 4) is 0 Å². The smallest absolute Gasteiger partial charge is 0.338 e. The van der Waals surface area contributed by atoms with Crippen LogP contribution < -0.4 is 0 Å². The normalized spacial score (nSPS) is 10.3. The highest BCUT2D eigenvalue weighted by atomic mass is 79.9. The Kier molecular flexibility index (Phi) is 4.80. The molecule has 1 aromatic heterocycles. The number of carboxylic acid groups (broad SMARTS) is 1. The number of pyridine rings is 1. The standard InChI is InChI=1S/C13H7BrClNO3S/c14-9-3-4-10(15)11(8(9)6-17)20-12-7(13(18)19)2-1-5-16-12/h1-6H,(H,18,19). The van der Waals surface area contributed by atoms with Gasteiger partial charge in [-0.3, -0.25) is 4.79 Å².